The molecule has 2 heterocycles. The summed E-state index contributed by atoms with van der Waals surface area (Å²) in [6.45, 7) is 7.30. The van der Waals surface area contributed by atoms with Crippen molar-refractivity contribution in [1.82, 2.24) is 14.7 Å². The number of amides is 1. The van der Waals surface area contributed by atoms with Crippen molar-refractivity contribution in [2.45, 2.75) is 44.7 Å². The molecule has 3 N–H and O–H groups in total. The van der Waals surface area contributed by atoms with Crippen LogP contribution < -0.4 is 11.1 Å². The van der Waals surface area contributed by atoms with E-state index in [0.29, 0.717) is 5.82 Å². The smallest absolute Gasteiger partial charge is 0.230 e. The van der Waals surface area contributed by atoms with Gasteiger partial charge in [-0.25, -0.2) is 0 Å². The number of nitrogens with two attached hydrogens (primary N) is 1. The van der Waals surface area contributed by atoms with Crippen molar-refractivity contribution in [2.75, 3.05) is 38.2 Å². The van der Waals surface area contributed by atoms with Crippen LogP contribution in [0.3, 0.4) is 0 Å². The third kappa shape index (κ3) is 4.34. The Morgan fingerprint density at radius 2 is 2.21 bits per heavy atom. The van der Waals surface area contributed by atoms with Gasteiger partial charge in [0.05, 0.1) is 25.7 Å². The molecule has 1 aromatic rings. The molecule has 3 rings (SSSR count). The number of anilines is 1. The maximum absolute atomic E-state index is 12.5. The molecule has 1 saturated carbocycles. The van der Waals surface area contributed by atoms with Gasteiger partial charge in [0.15, 0.2) is 5.82 Å². The fraction of sp³-hybridized carbons (Fsp3) is 0.765. The summed E-state index contributed by atoms with van der Waals surface area (Å²) in [5.74, 6) is 0.478. The fourth-order valence-electron chi connectivity index (χ4n) is 3.62. The van der Waals surface area contributed by atoms with Crippen molar-refractivity contribution in [3.63, 3.8) is 0 Å². The molecule has 1 aliphatic carbocycles. The lowest BCUT2D eigenvalue weighted by Gasteiger charge is -2.37. The molecule has 7 nitrogen and oxygen atoms in total. The number of hydrogen-bond donors (Lipinski definition) is 2. The summed E-state index contributed by atoms with van der Waals surface area (Å²) in [5.41, 5.74) is 5.89. The second-order valence-electron chi connectivity index (χ2n) is 7.21. The molecule has 1 amide bonds. The number of hydrogen-bond acceptors (Lipinski definition) is 5. The summed E-state index contributed by atoms with van der Waals surface area (Å²) < 4.78 is 7.23. The first-order valence-electron chi connectivity index (χ1n) is 8.98. The highest BCUT2D eigenvalue weighted by Crippen LogP contribution is 2.32. The molecule has 24 heavy (non-hydrogen) atoms. The maximum atomic E-state index is 12.5. The van der Waals surface area contributed by atoms with Gasteiger partial charge in [-0.2, -0.15) is 5.10 Å². The van der Waals surface area contributed by atoms with Crippen LogP contribution in [0, 0.1) is 5.92 Å². The summed E-state index contributed by atoms with van der Waals surface area (Å²) in [6, 6.07) is 1.86. The lowest BCUT2D eigenvalue weighted by atomic mass is 9.74. The quantitative estimate of drug-likeness (QED) is 0.840. The van der Waals surface area contributed by atoms with Gasteiger partial charge in [0.25, 0.3) is 0 Å². The van der Waals surface area contributed by atoms with Gasteiger partial charge >= 0.3 is 0 Å². The molecule has 2 atom stereocenters. The molecule has 1 aromatic heterocycles. The minimum Gasteiger partial charge on any atom is -0.379 e. The zero-order chi connectivity index (χ0) is 17.0. The predicted molar refractivity (Wildman–Crippen MR) is 92.7 cm³/mol. The van der Waals surface area contributed by atoms with Crippen molar-refractivity contribution in [3.05, 3.63) is 12.3 Å². The van der Waals surface area contributed by atoms with Gasteiger partial charge in [-0.1, -0.05) is 12.8 Å². The summed E-state index contributed by atoms with van der Waals surface area (Å²) in [6.07, 6.45) is 5.85. The van der Waals surface area contributed by atoms with E-state index in [2.05, 4.69) is 15.3 Å². The third-order valence-electron chi connectivity index (χ3n) is 5.21. The van der Waals surface area contributed by atoms with Crippen LogP contribution in [0.1, 0.15) is 32.6 Å². The zero-order valence-corrected chi connectivity index (χ0v) is 14.5. The van der Waals surface area contributed by atoms with Gasteiger partial charge in [0.2, 0.25) is 5.91 Å². The van der Waals surface area contributed by atoms with Crippen LogP contribution in [0.5, 0.6) is 0 Å². The first-order chi connectivity index (χ1) is 11.5. The molecular weight excluding hydrogens is 306 g/mol. The molecule has 134 valence electrons. The Morgan fingerprint density at radius 3 is 2.96 bits per heavy atom. The Balaban J connectivity index is 1.50. The summed E-state index contributed by atoms with van der Waals surface area (Å²) >= 11 is 0. The number of aromatic nitrogens is 2. The van der Waals surface area contributed by atoms with Crippen molar-refractivity contribution >= 4 is 11.7 Å². The molecule has 0 spiro atoms. The van der Waals surface area contributed by atoms with E-state index >= 15 is 0 Å². The van der Waals surface area contributed by atoms with E-state index in [1.807, 2.05) is 23.9 Å². The third-order valence-corrected chi connectivity index (χ3v) is 5.21. The Bertz CT molecular complexity index is 551. The second kappa shape index (κ2) is 7.63. The minimum absolute atomic E-state index is 0.00173. The number of carbonyl (C=O) groups is 1. The van der Waals surface area contributed by atoms with Crippen LogP contribution in [0.25, 0.3) is 0 Å². The van der Waals surface area contributed by atoms with Crippen LogP contribution >= 0.6 is 0 Å². The maximum Gasteiger partial charge on any atom is 0.230 e. The zero-order valence-electron chi connectivity index (χ0n) is 14.5. The lowest BCUT2D eigenvalue weighted by Crippen LogP contribution is -2.51. The predicted octanol–water partition coefficient (Wildman–Crippen LogP) is 1.06. The topological polar surface area (TPSA) is 85.4 Å². The van der Waals surface area contributed by atoms with Crippen molar-refractivity contribution in [2.24, 2.45) is 11.7 Å². The van der Waals surface area contributed by atoms with Gasteiger partial charge < -0.3 is 15.8 Å². The highest BCUT2D eigenvalue weighted by Gasteiger charge is 2.37. The molecule has 2 aliphatic rings. The van der Waals surface area contributed by atoms with Crippen LogP contribution in [0.2, 0.25) is 0 Å². The average Bonchev–Trinajstić information content (AvgIpc) is 3.01. The van der Waals surface area contributed by atoms with E-state index in [1.54, 1.807) is 0 Å². The largest absolute Gasteiger partial charge is 0.379 e. The highest BCUT2D eigenvalue weighted by atomic mass is 16.5. The molecule has 1 saturated heterocycles. The average molecular weight is 335 g/mol. The number of rotatable bonds is 5. The second-order valence-corrected chi connectivity index (χ2v) is 7.21. The van der Waals surface area contributed by atoms with E-state index in [9.17, 15) is 4.79 Å². The van der Waals surface area contributed by atoms with Gasteiger partial charge in [-0.3, -0.25) is 14.4 Å². The number of ether oxygens (including phenoxy) is 1. The van der Waals surface area contributed by atoms with Gasteiger partial charge in [-0.15, -0.1) is 0 Å². The SMILES string of the molecule is CC1(N)CCCCC1C(=O)Nc1ccn(CCN2CCOCC2)n1. The molecule has 0 bridgehead atoms. The monoisotopic (exact) mass is 335 g/mol. The molecule has 0 radical (unpaired) electrons. The van der Waals surface area contributed by atoms with E-state index in [0.717, 1.165) is 65.1 Å². The normalized spacial score (nSPS) is 28.7. The van der Waals surface area contributed by atoms with Gasteiger partial charge in [-0.05, 0) is 19.8 Å². The minimum atomic E-state index is -0.415. The first kappa shape index (κ1) is 17.4. The molecule has 7 heteroatoms. The fourth-order valence-corrected chi connectivity index (χ4v) is 3.62. The Hall–Kier alpha value is -1.44. The summed E-state index contributed by atoms with van der Waals surface area (Å²) in [5, 5.41) is 7.40. The number of carbonyl (C=O) groups excluding carboxylic acids is 1. The molecule has 2 unspecified atom stereocenters. The standard InChI is InChI=1S/C17H29N5O2/c1-17(18)6-3-2-4-14(17)16(23)19-15-5-7-22(20-15)9-8-21-10-12-24-13-11-21/h5,7,14H,2-4,6,8-13,18H2,1H3,(H,19,20,23). The summed E-state index contributed by atoms with van der Waals surface area (Å²) in [7, 11) is 0. The van der Waals surface area contributed by atoms with Crippen molar-refractivity contribution in [1.29, 1.82) is 0 Å². The molecule has 0 aromatic carbocycles. The van der Waals surface area contributed by atoms with E-state index in [4.69, 9.17) is 10.5 Å². The number of morpholine rings is 1. The Morgan fingerprint density at radius 1 is 1.42 bits per heavy atom. The van der Waals surface area contributed by atoms with E-state index < -0.39 is 5.54 Å². The van der Waals surface area contributed by atoms with Gasteiger partial charge in [0, 0.05) is 37.4 Å². The first-order valence-corrected chi connectivity index (χ1v) is 8.98. The molecular formula is C17H29N5O2. The number of nitrogens with one attached hydrogen (secondary N) is 1. The van der Waals surface area contributed by atoms with E-state index in [-0.39, 0.29) is 11.8 Å². The van der Waals surface area contributed by atoms with Crippen molar-refractivity contribution in [3.8, 4) is 0 Å². The van der Waals surface area contributed by atoms with Crippen LogP contribution in [0.15, 0.2) is 12.3 Å². The van der Waals surface area contributed by atoms with Crippen LogP contribution in [-0.2, 0) is 16.1 Å². The summed E-state index contributed by atoms with van der Waals surface area (Å²) in [4.78, 5) is 14.9. The number of nitrogens with zero attached hydrogens (tertiary/aromatic N) is 3. The van der Waals surface area contributed by atoms with E-state index in [1.165, 1.54) is 0 Å². The van der Waals surface area contributed by atoms with Crippen molar-refractivity contribution < 1.29 is 9.53 Å². The Kier molecular flexibility index (Phi) is 5.53. The lowest BCUT2D eigenvalue weighted by molar-refractivity contribution is -0.122. The molecule has 2 fully saturated rings. The van der Waals surface area contributed by atoms with Gasteiger partial charge in [0.1, 0.15) is 0 Å². The van der Waals surface area contributed by atoms with Crippen LogP contribution in [-0.4, -0.2) is 59.0 Å². The van der Waals surface area contributed by atoms with Crippen LogP contribution in [0.4, 0.5) is 5.82 Å². The highest BCUT2D eigenvalue weighted by molar-refractivity contribution is 5.92. The molecule has 1 aliphatic heterocycles. The Labute approximate surface area is 143 Å².